The van der Waals surface area contributed by atoms with Gasteiger partial charge in [0.2, 0.25) is 0 Å². The highest BCUT2D eigenvalue weighted by molar-refractivity contribution is 14.1. The van der Waals surface area contributed by atoms with Gasteiger partial charge in [0.15, 0.2) is 0 Å². The molecule has 0 unspecified atom stereocenters. The Hall–Kier alpha value is -0.910. The standard InChI is InChI=1S/C8H6IN3/c9-7-5-11-12-8(7)6-1-3-10-4-2-6/h1-5H,(H,11,12). The van der Waals surface area contributed by atoms with E-state index in [1.165, 1.54) is 0 Å². The number of rotatable bonds is 1. The number of halogens is 1. The van der Waals surface area contributed by atoms with Crippen LogP contribution in [0.4, 0.5) is 0 Å². The number of nitrogens with zero attached hydrogens (tertiary/aromatic N) is 2. The fourth-order valence-corrected chi connectivity index (χ4v) is 1.56. The zero-order valence-corrected chi connectivity index (χ0v) is 8.32. The highest BCUT2D eigenvalue weighted by Crippen LogP contribution is 2.20. The third-order valence-electron chi connectivity index (χ3n) is 1.55. The van der Waals surface area contributed by atoms with Crippen molar-refractivity contribution in [3.63, 3.8) is 0 Å². The maximum absolute atomic E-state index is 4.13. The van der Waals surface area contributed by atoms with Crippen LogP contribution in [0.1, 0.15) is 0 Å². The third kappa shape index (κ3) is 1.34. The Kier molecular flexibility index (Phi) is 2.07. The van der Waals surface area contributed by atoms with E-state index >= 15 is 0 Å². The van der Waals surface area contributed by atoms with E-state index < -0.39 is 0 Å². The minimum absolute atomic E-state index is 0.984. The van der Waals surface area contributed by atoms with E-state index in [1.54, 1.807) is 12.4 Å². The molecule has 2 aromatic rings. The van der Waals surface area contributed by atoms with Crippen molar-refractivity contribution in [3.05, 3.63) is 34.3 Å². The summed E-state index contributed by atoms with van der Waals surface area (Å²) >= 11 is 2.24. The average molecular weight is 271 g/mol. The average Bonchev–Trinajstić information content (AvgIpc) is 2.53. The van der Waals surface area contributed by atoms with E-state index in [2.05, 4.69) is 37.8 Å². The van der Waals surface area contributed by atoms with Crippen LogP contribution < -0.4 is 0 Å². The molecule has 0 aliphatic heterocycles. The third-order valence-corrected chi connectivity index (χ3v) is 2.37. The van der Waals surface area contributed by atoms with Gasteiger partial charge in [0.25, 0.3) is 0 Å². The molecule has 0 aromatic carbocycles. The first-order chi connectivity index (χ1) is 5.88. The molecule has 60 valence electrons. The normalized spacial score (nSPS) is 10.1. The minimum atomic E-state index is 0.984. The van der Waals surface area contributed by atoms with E-state index in [4.69, 9.17) is 0 Å². The van der Waals surface area contributed by atoms with Gasteiger partial charge in [-0.15, -0.1) is 0 Å². The zero-order chi connectivity index (χ0) is 8.39. The quantitative estimate of drug-likeness (QED) is 0.807. The SMILES string of the molecule is Ic1c[nH]nc1-c1ccncc1. The molecule has 0 aliphatic rings. The van der Waals surface area contributed by atoms with Crippen LogP contribution in [0.3, 0.4) is 0 Å². The lowest BCUT2D eigenvalue weighted by molar-refractivity contribution is 1.09. The van der Waals surface area contributed by atoms with E-state index in [1.807, 2.05) is 18.3 Å². The van der Waals surface area contributed by atoms with Gasteiger partial charge in [-0.05, 0) is 34.7 Å². The summed E-state index contributed by atoms with van der Waals surface area (Å²) in [7, 11) is 0. The summed E-state index contributed by atoms with van der Waals surface area (Å²) in [5.41, 5.74) is 2.08. The van der Waals surface area contributed by atoms with Gasteiger partial charge in [-0.3, -0.25) is 10.1 Å². The maximum Gasteiger partial charge on any atom is 0.105 e. The predicted molar refractivity (Wildman–Crippen MR) is 54.5 cm³/mol. The predicted octanol–water partition coefficient (Wildman–Crippen LogP) is 2.08. The summed E-state index contributed by atoms with van der Waals surface area (Å²) in [6.45, 7) is 0. The van der Waals surface area contributed by atoms with Crippen LogP contribution in [-0.4, -0.2) is 15.2 Å². The molecule has 0 radical (unpaired) electrons. The number of pyridine rings is 1. The molecule has 0 atom stereocenters. The summed E-state index contributed by atoms with van der Waals surface area (Å²) in [6.07, 6.45) is 5.40. The molecule has 0 fully saturated rings. The van der Waals surface area contributed by atoms with Crippen LogP contribution in [0.15, 0.2) is 30.7 Å². The van der Waals surface area contributed by atoms with Gasteiger partial charge >= 0.3 is 0 Å². The summed E-state index contributed by atoms with van der Waals surface area (Å²) in [5.74, 6) is 0. The molecule has 12 heavy (non-hydrogen) atoms. The Morgan fingerprint density at radius 2 is 2.00 bits per heavy atom. The fraction of sp³-hybridized carbons (Fsp3) is 0. The Morgan fingerprint density at radius 1 is 1.25 bits per heavy atom. The summed E-state index contributed by atoms with van der Waals surface area (Å²) in [5, 5.41) is 6.94. The molecule has 0 saturated heterocycles. The first-order valence-corrected chi connectivity index (χ1v) is 4.55. The summed E-state index contributed by atoms with van der Waals surface area (Å²) < 4.78 is 1.12. The van der Waals surface area contributed by atoms with Gasteiger partial charge in [0.05, 0.1) is 3.57 Å². The second-order valence-corrected chi connectivity index (χ2v) is 3.48. The van der Waals surface area contributed by atoms with Crippen LogP contribution in [0.2, 0.25) is 0 Å². The molecular formula is C8H6IN3. The molecule has 2 rings (SSSR count). The molecule has 1 N–H and O–H groups in total. The number of aromatic amines is 1. The van der Waals surface area contributed by atoms with Gasteiger partial charge in [-0.1, -0.05) is 0 Å². The first kappa shape index (κ1) is 7.72. The lowest BCUT2D eigenvalue weighted by Gasteiger charge is -1.94. The topological polar surface area (TPSA) is 41.6 Å². The maximum atomic E-state index is 4.13. The molecule has 0 saturated carbocycles. The lowest BCUT2D eigenvalue weighted by Crippen LogP contribution is -1.80. The molecule has 0 aliphatic carbocycles. The molecule has 3 nitrogen and oxygen atoms in total. The smallest absolute Gasteiger partial charge is 0.105 e. The monoisotopic (exact) mass is 271 g/mol. The van der Waals surface area contributed by atoms with Crippen LogP contribution >= 0.6 is 22.6 Å². The number of hydrogen-bond acceptors (Lipinski definition) is 2. The number of H-pyrrole nitrogens is 1. The minimum Gasteiger partial charge on any atom is -0.284 e. The van der Waals surface area contributed by atoms with Crippen molar-refractivity contribution < 1.29 is 0 Å². The fourth-order valence-electron chi connectivity index (χ4n) is 0.987. The van der Waals surface area contributed by atoms with Gasteiger partial charge in [0, 0.05) is 24.2 Å². The van der Waals surface area contributed by atoms with Gasteiger partial charge < -0.3 is 0 Å². The van der Waals surface area contributed by atoms with Crippen molar-refractivity contribution >= 4 is 22.6 Å². The van der Waals surface area contributed by atoms with Gasteiger partial charge in [0.1, 0.15) is 5.69 Å². The van der Waals surface area contributed by atoms with Gasteiger partial charge in [-0.2, -0.15) is 5.10 Å². The zero-order valence-electron chi connectivity index (χ0n) is 6.16. The molecule has 4 heteroatoms. The molecule has 2 heterocycles. The van der Waals surface area contributed by atoms with Crippen molar-refractivity contribution in [3.8, 4) is 11.3 Å². The van der Waals surface area contributed by atoms with Crippen molar-refractivity contribution in [1.82, 2.24) is 15.2 Å². The van der Waals surface area contributed by atoms with Crippen molar-refractivity contribution in [1.29, 1.82) is 0 Å². The molecule has 0 bridgehead atoms. The Bertz CT molecular complexity index is 369. The summed E-state index contributed by atoms with van der Waals surface area (Å²) in [6, 6.07) is 3.89. The van der Waals surface area contributed by atoms with E-state index in [0.717, 1.165) is 14.8 Å². The number of hydrogen-bond donors (Lipinski definition) is 1. The first-order valence-electron chi connectivity index (χ1n) is 3.47. The van der Waals surface area contributed by atoms with Crippen LogP contribution in [0.25, 0.3) is 11.3 Å². The van der Waals surface area contributed by atoms with E-state index in [9.17, 15) is 0 Å². The van der Waals surface area contributed by atoms with Crippen LogP contribution in [0, 0.1) is 3.57 Å². The molecule has 0 amide bonds. The van der Waals surface area contributed by atoms with Crippen LogP contribution in [0.5, 0.6) is 0 Å². The molecule has 0 spiro atoms. The number of nitrogens with one attached hydrogen (secondary N) is 1. The second-order valence-electron chi connectivity index (χ2n) is 2.32. The molecule has 2 aromatic heterocycles. The number of aromatic nitrogens is 3. The van der Waals surface area contributed by atoms with Crippen molar-refractivity contribution in [2.75, 3.05) is 0 Å². The van der Waals surface area contributed by atoms with Crippen molar-refractivity contribution in [2.24, 2.45) is 0 Å². The lowest BCUT2D eigenvalue weighted by atomic mass is 10.2. The second kappa shape index (κ2) is 3.22. The highest BCUT2D eigenvalue weighted by atomic mass is 127. The Balaban J connectivity index is 2.51. The van der Waals surface area contributed by atoms with E-state index in [-0.39, 0.29) is 0 Å². The molecular weight excluding hydrogens is 265 g/mol. The van der Waals surface area contributed by atoms with Crippen molar-refractivity contribution in [2.45, 2.75) is 0 Å². The van der Waals surface area contributed by atoms with Crippen LogP contribution in [-0.2, 0) is 0 Å². The largest absolute Gasteiger partial charge is 0.284 e. The Labute approximate surface area is 83.4 Å². The Morgan fingerprint density at radius 3 is 2.58 bits per heavy atom. The van der Waals surface area contributed by atoms with Gasteiger partial charge in [-0.25, -0.2) is 0 Å². The van der Waals surface area contributed by atoms with E-state index in [0.29, 0.717) is 0 Å². The summed E-state index contributed by atoms with van der Waals surface area (Å²) in [4.78, 5) is 3.94. The highest BCUT2D eigenvalue weighted by Gasteiger charge is 2.03.